The van der Waals surface area contributed by atoms with Crippen molar-refractivity contribution in [2.75, 3.05) is 25.0 Å². The third kappa shape index (κ3) is 2.79. The minimum atomic E-state index is -0.258. The number of nitrogens with zero attached hydrogens (tertiary/aromatic N) is 3. The SMILES string of the molecule is O=C(c1ccoc1)N1CC[C@@]2(C[C@H](Nc3ncccn3)CO2)C1. The van der Waals surface area contributed by atoms with Crippen molar-refractivity contribution in [2.45, 2.75) is 24.5 Å². The van der Waals surface area contributed by atoms with Gasteiger partial charge in [0.2, 0.25) is 5.95 Å². The Balaban J connectivity index is 1.38. The quantitative estimate of drug-likeness (QED) is 0.926. The van der Waals surface area contributed by atoms with E-state index >= 15 is 0 Å². The van der Waals surface area contributed by atoms with Gasteiger partial charge in [-0.25, -0.2) is 9.97 Å². The fourth-order valence-electron chi connectivity index (χ4n) is 3.36. The molecule has 1 spiro atoms. The van der Waals surface area contributed by atoms with E-state index in [0.29, 0.717) is 31.2 Å². The number of hydrogen-bond acceptors (Lipinski definition) is 6. The minimum Gasteiger partial charge on any atom is -0.472 e. The Morgan fingerprint density at radius 3 is 3.04 bits per heavy atom. The van der Waals surface area contributed by atoms with E-state index in [1.807, 2.05) is 4.90 Å². The molecule has 2 atom stereocenters. The normalized spacial score (nSPS) is 26.8. The van der Waals surface area contributed by atoms with Gasteiger partial charge in [0.05, 0.1) is 36.6 Å². The second kappa shape index (κ2) is 5.66. The highest BCUT2D eigenvalue weighted by Crippen LogP contribution is 2.36. The highest BCUT2D eigenvalue weighted by atomic mass is 16.5. The number of amides is 1. The van der Waals surface area contributed by atoms with Crippen molar-refractivity contribution in [1.29, 1.82) is 0 Å². The number of hydrogen-bond donors (Lipinski definition) is 1. The maximum absolute atomic E-state index is 12.4. The Hall–Kier alpha value is -2.41. The van der Waals surface area contributed by atoms with Gasteiger partial charge in [-0.3, -0.25) is 4.79 Å². The van der Waals surface area contributed by atoms with Gasteiger partial charge in [0.25, 0.3) is 5.91 Å². The maximum Gasteiger partial charge on any atom is 0.257 e. The number of anilines is 1. The van der Waals surface area contributed by atoms with Crippen LogP contribution in [0.4, 0.5) is 5.95 Å². The van der Waals surface area contributed by atoms with Crippen LogP contribution in [-0.2, 0) is 4.74 Å². The zero-order valence-corrected chi connectivity index (χ0v) is 12.6. The summed E-state index contributed by atoms with van der Waals surface area (Å²) in [7, 11) is 0. The van der Waals surface area contributed by atoms with Crippen molar-refractivity contribution in [3.63, 3.8) is 0 Å². The van der Waals surface area contributed by atoms with Crippen molar-refractivity contribution in [2.24, 2.45) is 0 Å². The first-order valence-electron chi connectivity index (χ1n) is 7.73. The van der Waals surface area contributed by atoms with Gasteiger partial charge in [0.15, 0.2) is 0 Å². The van der Waals surface area contributed by atoms with E-state index in [4.69, 9.17) is 9.15 Å². The van der Waals surface area contributed by atoms with Gasteiger partial charge in [-0.2, -0.15) is 0 Å². The average molecular weight is 314 g/mol. The van der Waals surface area contributed by atoms with Gasteiger partial charge in [-0.15, -0.1) is 0 Å². The topological polar surface area (TPSA) is 80.5 Å². The van der Waals surface area contributed by atoms with Crippen LogP contribution >= 0.6 is 0 Å². The predicted molar refractivity (Wildman–Crippen MR) is 82.0 cm³/mol. The number of ether oxygens (including phenoxy) is 1. The molecule has 7 nitrogen and oxygen atoms in total. The Kier molecular flexibility index (Phi) is 3.49. The first-order chi connectivity index (χ1) is 11.2. The highest BCUT2D eigenvalue weighted by Gasteiger charge is 2.47. The lowest BCUT2D eigenvalue weighted by atomic mass is 9.97. The molecular weight excluding hydrogens is 296 g/mol. The van der Waals surface area contributed by atoms with Gasteiger partial charge >= 0.3 is 0 Å². The van der Waals surface area contributed by atoms with Crippen LogP contribution < -0.4 is 5.32 Å². The van der Waals surface area contributed by atoms with Gasteiger partial charge in [-0.1, -0.05) is 0 Å². The zero-order chi connectivity index (χ0) is 15.7. The number of nitrogens with one attached hydrogen (secondary N) is 1. The van der Waals surface area contributed by atoms with Gasteiger partial charge in [0, 0.05) is 25.4 Å². The summed E-state index contributed by atoms with van der Waals surface area (Å²) in [6.07, 6.45) is 8.12. The molecular formula is C16H18N4O3. The van der Waals surface area contributed by atoms with Gasteiger partial charge in [-0.05, 0) is 18.6 Å². The molecule has 2 aromatic heterocycles. The molecule has 1 amide bonds. The summed E-state index contributed by atoms with van der Waals surface area (Å²) >= 11 is 0. The second-order valence-corrected chi connectivity index (χ2v) is 6.10. The fourth-order valence-corrected chi connectivity index (χ4v) is 3.36. The number of carbonyl (C=O) groups is 1. The molecule has 0 aliphatic carbocycles. The Bertz CT molecular complexity index is 676. The molecule has 2 fully saturated rings. The number of carbonyl (C=O) groups excluding carboxylic acids is 1. The molecule has 1 N–H and O–H groups in total. The van der Waals surface area contributed by atoms with Crippen LogP contribution in [0.2, 0.25) is 0 Å². The number of aromatic nitrogens is 2. The summed E-state index contributed by atoms with van der Waals surface area (Å²) in [5.41, 5.74) is 0.332. The molecule has 2 aromatic rings. The van der Waals surface area contributed by atoms with E-state index < -0.39 is 0 Å². The Morgan fingerprint density at radius 2 is 2.26 bits per heavy atom. The van der Waals surface area contributed by atoms with E-state index in [9.17, 15) is 4.79 Å². The molecule has 7 heteroatoms. The summed E-state index contributed by atoms with van der Waals surface area (Å²) in [5, 5.41) is 3.30. The lowest BCUT2D eigenvalue weighted by Crippen LogP contribution is -2.36. The third-order valence-corrected chi connectivity index (χ3v) is 4.48. The largest absolute Gasteiger partial charge is 0.472 e. The monoisotopic (exact) mass is 314 g/mol. The van der Waals surface area contributed by atoms with Crippen molar-refractivity contribution in [3.8, 4) is 0 Å². The molecule has 2 aliphatic rings. The van der Waals surface area contributed by atoms with Crippen LogP contribution in [0.15, 0.2) is 41.5 Å². The molecule has 0 saturated carbocycles. The van der Waals surface area contributed by atoms with Crippen molar-refractivity contribution in [1.82, 2.24) is 14.9 Å². The summed E-state index contributed by atoms with van der Waals surface area (Å²) in [6, 6.07) is 3.65. The zero-order valence-electron chi connectivity index (χ0n) is 12.6. The first kappa shape index (κ1) is 14.2. The molecule has 0 radical (unpaired) electrons. The van der Waals surface area contributed by atoms with Crippen molar-refractivity contribution < 1.29 is 13.9 Å². The van der Waals surface area contributed by atoms with E-state index in [0.717, 1.165) is 12.8 Å². The van der Waals surface area contributed by atoms with Crippen LogP contribution in [0.3, 0.4) is 0 Å². The Labute approximate surface area is 133 Å². The highest BCUT2D eigenvalue weighted by molar-refractivity contribution is 5.94. The lowest BCUT2D eigenvalue weighted by molar-refractivity contribution is 0.0125. The molecule has 2 aliphatic heterocycles. The predicted octanol–water partition coefficient (Wildman–Crippen LogP) is 1.56. The van der Waals surface area contributed by atoms with Gasteiger partial charge < -0.3 is 19.4 Å². The number of furan rings is 1. The van der Waals surface area contributed by atoms with Crippen LogP contribution in [-0.4, -0.2) is 52.1 Å². The van der Waals surface area contributed by atoms with E-state index in [2.05, 4.69) is 15.3 Å². The smallest absolute Gasteiger partial charge is 0.257 e. The molecule has 0 bridgehead atoms. The molecule has 0 unspecified atom stereocenters. The maximum atomic E-state index is 12.4. The molecule has 23 heavy (non-hydrogen) atoms. The Morgan fingerprint density at radius 1 is 1.39 bits per heavy atom. The molecule has 2 saturated heterocycles. The molecule has 4 rings (SSSR count). The number of rotatable bonds is 3. The van der Waals surface area contributed by atoms with Crippen LogP contribution in [0.25, 0.3) is 0 Å². The summed E-state index contributed by atoms with van der Waals surface area (Å²) in [6.45, 7) is 1.93. The fraction of sp³-hybridized carbons (Fsp3) is 0.438. The first-order valence-corrected chi connectivity index (χ1v) is 7.73. The second-order valence-electron chi connectivity index (χ2n) is 6.10. The van der Waals surface area contributed by atoms with Gasteiger partial charge in [0.1, 0.15) is 6.26 Å². The van der Waals surface area contributed by atoms with Crippen LogP contribution in [0.1, 0.15) is 23.2 Å². The van der Waals surface area contributed by atoms with Crippen LogP contribution in [0, 0.1) is 0 Å². The lowest BCUT2D eigenvalue weighted by Gasteiger charge is -2.23. The van der Waals surface area contributed by atoms with Crippen molar-refractivity contribution >= 4 is 11.9 Å². The summed E-state index contributed by atoms with van der Waals surface area (Å²) < 4.78 is 11.0. The van der Waals surface area contributed by atoms with Crippen LogP contribution in [0.5, 0.6) is 0 Å². The third-order valence-electron chi connectivity index (χ3n) is 4.48. The van der Waals surface area contributed by atoms with E-state index in [1.165, 1.54) is 12.5 Å². The summed E-state index contributed by atoms with van der Waals surface area (Å²) in [5.74, 6) is 0.615. The molecule has 4 heterocycles. The standard InChI is InChI=1S/C16H18N4O3/c21-14(12-2-7-22-9-12)20-6-3-16(11-20)8-13(10-23-16)19-15-17-4-1-5-18-15/h1-2,4-5,7,9,13H,3,6,8,10-11H2,(H,17,18,19)/t13-,16+/m0/s1. The van der Waals surface area contributed by atoms with E-state index in [-0.39, 0.29) is 17.6 Å². The average Bonchev–Trinajstić information content (AvgIpc) is 3.31. The summed E-state index contributed by atoms with van der Waals surface area (Å²) in [4.78, 5) is 22.6. The van der Waals surface area contributed by atoms with E-state index in [1.54, 1.807) is 24.5 Å². The molecule has 120 valence electrons. The number of likely N-dealkylation sites (tertiary alicyclic amines) is 1. The molecule has 0 aromatic carbocycles. The van der Waals surface area contributed by atoms with Crippen molar-refractivity contribution in [3.05, 3.63) is 42.6 Å². The minimum absolute atomic E-state index is 0.00188.